The second-order valence-corrected chi connectivity index (χ2v) is 4.92. The van der Waals surface area contributed by atoms with Gasteiger partial charge in [0.05, 0.1) is 16.6 Å². The van der Waals surface area contributed by atoms with Gasteiger partial charge in [0.15, 0.2) is 0 Å². The van der Waals surface area contributed by atoms with E-state index in [0.717, 1.165) is 16.9 Å². The Labute approximate surface area is 121 Å². The summed E-state index contributed by atoms with van der Waals surface area (Å²) in [6, 6.07) is 12.0. The standard InChI is InChI=1S/C16H14N2O3/c1-10-17-14-8-12(16(20)21)5-6-15(14)18(10)9-11-3-2-4-13(19)7-11/h2-8,19H,9H2,1H3,(H,20,21). The summed E-state index contributed by atoms with van der Waals surface area (Å²) in [5.74, 6) is 0.0655. The number of benzene rings is 2. The smallest absolute Gasteiger partial charge is 0.335 e. The number of carboxylic acids is 1. The highest BCUT2D eigenvalue weighted by Gasteiger charge is 2.11. The summed E-state index contributed by atoms with van der Waals surface area (Å²) < 4.78 is 2.00. The van der Waals surface area contributed by atoms with Crippen molar-refractivity contribution in [2.75, 3.05) is 0 Å². The van der Waals surface area contributed by atoms with Crippen molar-refractivity contribution in [2.45, 2.75) is 13.5 Å². The van der Waals surface area contributed by atoms with Gasteiger partial charge in [0.2, 0.25) is 0 Å². The molecular weight excluding hydrogens is 268 g/mol. The first kappa shape index (κ1) is 13.2. The van der Waals surface area contributed by atoms with Crippen LogP contribution >= 0.6 is 0 Å². The molecule has 2 aromatic carbocycles. The number of aryl methyl sites for hydroxylation is 1. The number of carboxylic acid groups (broad SMARTS) is 1. The van der Waals surface area contributed by atoms with Crippen molar-refractivity contribution in [3.8, 4) is 5.75 Å². The molecule has 0 unspecified atom stereocenters. The van der Waals surface area contributed by atoms with Gasteiger partial charge in [0, 0.05) is 6.54 Å². The van der Waals surface area contributed by atoms with Crippen LogP contribution in [0.15, 0.2) is 42.5 Å². The van der Waals surface area contributed by atoms with E-state index >= 15 is 0 Å². The molecule has 0 aliphatic rings. The van der Waals surface area contributed by atoms with Crippen LogP contribution in [0.3, 0.4) is 0 Å². The van der Waals surface area contributed by atoms with E-state index in [1.165, 1.54) is 0 Å². The molecular formula is C16H14N2O3. The number of imidazole rings is 1. The molecule has 3 rings (SSSR count). The number of nitrogens with zero attached hydrogens (tertiary/aromatic N) is 2. The van der Waals surface area contributed by atoms with Gasteiger partial charge < -0.3 is 14.8 Å². The Hall–Kier alpha value is -2.82. The Morgan fingerprint density at radius 3 is 2.76 bits per heavy atom. The molecule has 0 spiro atoms. The van der Waals surface area contributed by atoms with Gasteiger partial charge >= 0.3 is 5.97 Å². The summed E-state index contributed by atoms with van der Waals surface area (Å²) in [4.78, 5) is 15.4. The lowest BCUT2D eigenvalue weighted by Crippen LogP contribution is -2.02. The number of hydrogen-bond acceptors (Lipinski definition) is 3. The zero-order valence-electron chi connectivity index (χ0n) is 11.4. The fourth-order valence-corrected chi connectivity index (χ4v) is 2.42. The van der Waals surface area contributed by atoms with Crippen LogP contribution in [-0.4, -0.2) is 25.7 Å². The topological polar surface area (TPSA) is 75.3 Å². The average Bonchev–Trinajstić information content (AvgIpc) is 2.74. The summed E-state index contributed by atoms with van der Waals surface area (Å²) in [5.41, 5.74) is 2.72. The van der Waals surface area contributed by atoms with Crippen LogP contribution in [-0.2, 0) is 6.54 Å². The molecule has 0 saturated carbocycles. The van der Waals surface area contributed by atoms with Crippen LogP contribution in [0, 0.1) is 6.92 Å². The fourth-order valence-electron chi connectivity index (χ4n) is 2.42. The summed E-state index contributed by atoms with van der Waals surface area (Å²) in [6.07, 6.45) is 0. The molecule has 2 N–H and O–H groups in total. The van der Waals surface area contributed by atoms with E-state index in [9.17, 15) is 9.90 Å². The highest BCUT2D eigenvalue weighted by Crippen LogP contribution is 2.20. The number of rotatable bonds is 3. The van der Waals surface area contributed by atoms with Gasteiger partial charge in [0.25, 0.3) is 0 Å². The molecule has 0 aliphatic heterocycles. The SMILES string of the molecule is Cc1nc2cc(C(=O)O)ccc2n1Cc1cccc(O)c1. The Bertz CT molecular complexity index is 837. The third-order valence-corrected chi connectivity index (χ3v) is 3.44. The van der Waals surface area contributed by atoms with Crippen LogP contribution in [0.2, 0.25) is 0 Å². The lowest BCUT2D eigenvalue weighted by atomic mass is 10.2. The number of hydrogen-bond donors (Lipinski definition) is 2. The molecule has 0 fully saturated rings. The Morgan fingerprint density at radius 2 is 2.05 bits per heavy atom. The maximum absolute atomic E-state index is 11.0. The number of phenols is 1. The highest BCUT2D eigenvalue weighted by atomic mass is 16.4. The second kappa shape index (κ2) is 4.94. The van der Waals surface area contributed by atoms with Crippen molar-refractivity contribution in [1.29, 1.82) is 0 Å². The van der Waals surface area contributed by atoms with Crippen molar-refractivity contribution in [2.24, 2.45) is 0 Å². The van der Waals surface area contributed by atoms with E-state index in [1.807, 2.05) is 17.6 Å². The molecule has 0 radical (unpaired) electrons. The molecule has 0 aliphatic carbocycles. The number of aromatic nitrogens is 2. The molecule has 0 bridgehead atoms. The number of aromatic hydroxyl groups is 1. The van der Waals surface area contributed by atoms with Gasteiger partial charge in [-0.05, 0) is 42.8 Å². The van der Waals surface area contributed by atoms with Crippen molar-refractivity contribution in [3.63, 3.8) is 0 Å². The van der Waals surface area contributed by atoms with E-state index < -0.39 is 5.97 Å². The van der Waals surface area contributed by atoms with Crippen LogP contribution in [0.4, 0.5) is 0 Å². The van der Waals surface area contributed by atoms with Crippen LogP contribution in [0.25, 0.3) is 11.0 Å². The monoisotopic (exact) mass is 282 g/mol. The van der Waals surface area contributed by atoms with Crippen molar-refractivity contribution < 1.29 is 15.0 Å². The van der Waals surface area contributed by atoms with E-state index in [0.29, 0.717) is 12.1 Å². The van der Waals surface area contributed by atoms with Gasteiger partial charge in [-0.3, -0.25) is 0 Å². The lowest BCUT2D eigenvalue weighted by Gasteiger charge is -2.07. The third kappa shape index (κ3) is 2.45. The Morgan fingerprint density at radius 1 is 1.24 bits per heavy atom. The average molecular weight is 282 g/mol. The van der Waals surface area contributed by atoms with Gasteiger partial charge in [-0.25, -0.2) is 9.78 Å². The predicted octanol–water partition coefficient (Wildman–Crippen LogP) is 2.80. The minimum Gasteiger partial charge on any atom is -0.508 e. The van der Waals surface area contributed by atoms with Crippen molar-refractivity contribution in [3.05, 3.63) is 59.4 Å². The van der Waals surface area contributed by atoms with Gasteiger partial charge in [0.1, 0.15) is 11.6 Å². The number of fused-ring (bicyclic) bond motifs is 1. The van der Waals surface area contributed by atoms with Gasteiger partial charge in [-0.15, -0.1) is 0 Å². The first-order valence-electron chi connectivity index (χ1n) is 6.52. The third-order valence-electron chi connectivity index (χ3n) is 3.44. The lowest BCUT2D eigenvalue weighted by molar-refractivity contribution is 0.0697. The maximum Gasteiger partial charge on any atom is 0.335 e. The number of carbonyl (C=O) groups is 1. The number of phenolic OH excluding ortho intramolecular Hbond substituents is 1. The van der Waals surface area contributed by atoms with Crippen molar-refractivity contribution >= 4 is 17.0 Å². The summed E-state index contributed by atoms with van der Waals surface area (Å²) in [6.45, 7) is 2.45. The zero-order chi connectivity index (χ0) is 15.0. The quantitative estimate of drug-likeness (QED) is 0.774. The van der Waals surface area contributed by atoms with Crippen molar-refractivity contribution in [1.82, 2.24) is 9.55 Å². The molecule has 0 atom stereocenters. The summed E-state index contributed by atoms with van der Waals surface area (Å²) >= 11 is 0. The largest absolute Gasteiger partial charge is 0.508 e. The molecule has 1 aromatic heterocycles. The van der Waals surface area contributed by atoms with Crippen LogP contribution in [0.5, 0.6) is 5.75 Å². The molecule has 0 saturated heterocycles. The molecule has 3 aromatic rings. The zero-order valence-corrected chi connectivity index (χ0v) is 11.4. The van der Waals surface area contributed by atoms with Crippen LogP contribution < -0.4 is 0 Å². The van der Waals surface area contributed by atoms with Gasteiger partial charge in [-0.1, -0.05) is 12.1 Å². The molecule has 5 heteroatoms. The molecule has 1 heterocycles. The molecule has 0 amide bonds. The number of aromatic carboxylic acids is 1. The summed E-state index contributed by atoms with van der Waals surface area (Å²) in [7, 11) is 0. The van der Waals surface area contributed by atoms with Crippen LogP contribution in [0.1, 0.15) is 21.7 Å². The summed E-state index contributed by atoms with van der Waals surface area (Å²) in [5, 5.41) is 18.6. The molecule has 106 valence electrons. The van der Waals surface area contributed by atoms with Gasteiger partial charge in [-0.2, -0.15) is 0 Å². The predicted molar refractivity (Wildman–Crippen MR) is 78.6 cm³/mol. The first-order valence-corrected chi connectivity index (χ1v) is 6.52. The Kier molecular flexibility index (Phi) is 3.10. The highest BCUT2D eigenvalue weighted by molar-refractivity contribution is 5.92. The fraction of sp³-hybridized carbons (Fsp3) is 0.125. The van der Waals surface area contributed by atoms with E-state index in [2.05, 4.69) is 4.98 Å². The van der Waals surface area contributed by atoms with E-state index in [4.69, 9.17) is 5.11 Å². The normalized spacial score (nSPS) is 10.9. The minimum absolute atomic E-state index is 0.225. The first-order chi connectivity index (χ1) is 10.0. The van der Waals surface area contributed by atoms with E-state index in [-0.39, 0.29) is 11.3 Å². The Balaban J connectivity index is 2.06. The molecule has 21 heavy (non-hydrogen) atoms. The maximum atomic E-state index is 11.0. The minimum atomic E-state index is -0.961. The molecule has 5 nitrogen and oxygen atoms in total. The van der Waals surface area contributed by atoms with E-state index in [1.54, 1.807) is 36.4 Å². The second-order valence-electron chi connectivity index (χ2n) is 4.92.